The predicted molar refractivity (Wildman–Crippen MR) is 114 cm³/mol. The van der Waals surface area contributed by atoms with Gasteiger partial charge >= 0.3 is 0 Å². The second kappa shape index (κ2) is 8.21. The van der Waals surface area contributed by atoms with Gasteiger partial charge in [-0.25, -0.2) is 9.97 Å². The second-order valence-corrected chi connectivity index (χ2v) is 9.30. The Labute approximate surface area is 173 Å². The maximum absolute atomic E-state index is 12.3. The minimum absolute atomic E-state index is 0.0506. The summed E-state index contributed by atoms with van der Waals surface area (Å²) in [4.78, 5) is 24.1. The van der Waals surface area contributed by atoms with Gasteiger partial charge in [0.05, 0.1) is 11.4 Å². The highest BCUT2D eigenvalue weighted by Crippen LogP contribution is 2.40. The highest BCUT2D eigenvalue weighted by atomic mass is 32.2. The number of aryl methyl sites for hydroxylation is 6. The summed E-state index contributed by atoms with van der Waals surface area (Å²) in [7, 11) is 0. The molecule has 0 saturated carbocycles. The summed E-state index contributed by atoms with van der Waals surface area (Å²) in [6, 6.07) is 2.07. The minimum atomic E-state index is 0.0506. The first-order valence-electron chi connectivity index (χ1n) is 9.70. The van der Waals surface area contributed by atoms with Gasteiger partial charge in [-0.05, 0) is 58.1 Å². The van der Waals surface area contributed by atoms with Crippen LogP contribution in [0.15, 0.2) is 11.1 Å². The molecule has 1 aliphatic carbocycles. The van der Waals surface area contributed by atoms with Crippen molar-refractivity contribution in [2.45, 2.75) is 58.0 Å². The molecular weight excluding hydrogens is 390 g/mol. The normalized spacial score (nSPS) is 13.2. The summed E-state index contributed by atoms with van der Waals surface area (Å²) in [5.74, 6) is 1.21. The lowest BCUT2D eigenvalue weighted by molar-refractivity contribution is -0.118. The van der Waals surface area contributed by atoms with Crippen molar-refractivity contribution in [1.82, 2.24) is 25.1 Å². The number of nitrogens with one attached hydrogen (secondary N) is 1. The Kier molecular flexibility index (Phi) is 5.68. The summed E-state index contributed by atoms with van der Waals surface area (Å²) >= 11 is 3.32. The van der Waals surface area contributed by atoms with Gasteiger partial charge in [-0.15, -0.1) is 11.3 Å². The number of thioether (sulfide) groups is 1. The fourth-order valence-electron chi connectivity index (χ4n) is 3.71. The van der Waals surface area contributed by atoms with E-state index >= 15 is 0 Å². The lowest BCUT2D eigenvalue weighted by Gasteiger charge is -2.08. The lowest BCUT2D eigenvalue weighted by Crippen LogP contribution is -2.27. The van der Waals surface area contributed by atoms with Gasteiger partial charge in [-0.3, -0.25) is 9.48 Å². The van der Waals surface area contributed by atoms with Crippen LogP contribution in [0.2, 0.25) is 0 Å². The molecule has 28 heavy (non-hydrogen) atoms. The number of carbonyl (C=O) groups is 1. The van der Waals surface area contributed by atoms with Gasteiger partial charge in [0.1, 0.15) is 15.7 Å². The number of rotatable bonds is 7. The van der Waals surface area contributed by atoms with Gasteiger partial charge < -0.3 is 5.32 Å². The number of aromatic nitrogens is 4. The topological polar surface area (TPSA) is 72.7 Å². The smallest absolute Gasteiger partial charge is 0.230 e. The SMILES string of the molecule is Cc1cc(C)n(CCCNC(=O)CSc2nc(C)nc3sc4c(c23)CCC4)n1. The van der Waals surface area contributed by atoms with Crippen molar-refractivity contribution in [3.63, 3.8) is 0 Å². The summed E-state index contributed by atoms with van der Waals surface area (Å²) in [6.07, 6.45) is 4.33. The monoisotopic (exact) mass is 415 g/mol. The van der Waals surface area contributed by atoms with E-state index in [1.54, 1.807) is 11.3 Å². The molecule has 0 radical (unpaired) electrons. The van der Waals surface area contributed by atoms with E-state index in [-0.39, 0.29) is 5.91 Å². The van der Waals surface area contributed by atoms with E-state index in [2.05, 4.69) is 33.4 Å². The van der Waals surface area contributed by atoms with Gasteiger partial charge in [-0.1, -0.05) is 11.8 Å². The molecule has 3 aromatic rings. The van der Waals surface area contributed by atoms with Crippen LogP contribution >= 0.6 is 23.1 Å². The van der Waals surface area contributed by atoms with Gasteiger partial charge in [-0.2, -0.15) is 5.10 Å². The quantitative estimate of drug-likeness (QED) is 0.363. The van der Waals surface area contributed by atoms with Crippen molar-refractivity contribution in [1.29, 1.82) is 0 Å². The average Bonchev–Trinajstić information content (AvgIpc) is 3.30. The van der Waals surface area contributed by atoms with Crippen molar-refractivity contribution in [3.8, 4) is 0 Å². The number of fused-ring (bicyclic) bond motifs is 3. The molecule has 3 aromatic heterocycles. The third-order valence-corrected chi connectivity index (χ3v) is 7.12. The van der Waals surface area contributed by atoms with E-state index in [1.165, 1.54) is 34.0 Å². The molecule has 0 aromatic carbocycles. The van der Waals surface area contributed by atoms with Gasteiger partial charge in [0.15, 0.2) is 0 Å². The number of hydrogen-bond donors (Lipinski definition) is 1. The molecule has 0 bridgehead atoms. The molecule has 0 saturated heterocycles. The van der Waals surface area contributed by atoms with Crippen LogP contribution in [0.5, 0.6) is 0 Å². The number of hydrogen-bond acceptors (Lipinski definition) is 6. The van der Waals surface area contributed by atoms with Gasteiger partial charge in [0, 0.05) is 29.0 Å². The predicted octanol–water partition coefficient (Wildman–Crippen LogP) is 3.60. The molecule has 8 heteroatoms. The molecule has 3 heterocycles. The highest BCUT2D eigenvalue weighted by Gasteiger charge is 2.22. The Morgan fingerprint density at radius 3 is 2.93 bits per heavy atom. The molecule has 1 aliphatic rings. The minimum Gasteiger partial charge on any atom is -0.355 e. The Balaban J connectivity index is 1.32. The molecule has 0 fully saturated rings. The van der Waals surface area contributed by atoms with Crippen LogP contribution in [-0.2, 0) is 24.2 Å². The molecule has 0 spiro atoms. The van der Waals surface area contributed by atoms with Gasteiger partial charge in [0.2, 0.25) is 5.91 Å². The zero-order chi connectivity index (χ0) is 19.7. The van der Waals surface area contributed by atoms with Crippen LogP contribution in [-0.4, -0.2) is 38.0 Å². The molecular formula is C20H25N5OS2. The van der Waals surface area contributed by atoms with Crippen molar-refractivity contribution in [3.05, 3.63) is 33.7 Å². The number of thiophene rings is 1. The first-order valence-corrected chi connectivity index (χ1v) is 11.5. The van der Waals surface area contributed by atoms with E-state index in [1.807, 2.05) is 18.5 Å². The summed E-state index contributed by atoms with van der Waals surface area (Å²) in [6.45, 7) is 7.45. The van der Waals surface area contributed by atoms with E-state index in [0.29, 0.717) is 12.3 Å². The Morgan fingerprint density at radius 2 is 2.14 bits per heavy atom. The standard InChI is InChI=1S/C20H25N5OS2/c1-12-10-13(2)25(24-12)9-5-8-21-17(26)11-27-19-18-15-6-4-7-16(15)28-20(18)23-14(3)22-19/h10H,4-9,11H2,1-3H3,(H,21,26). The number of nitrogens with zero attached hydrogens (tertiary/aromatic N) is 4. The van der Waals surface area contributed by atoms with E-state index < -0.39 is 0 Å². The van der Waals surface area contributed by atoms with Crippen molar-refractivity contribution in [2.75, 3.05) is 12.3 Å². The van der Waals surface area contributed by atoms with Crippen LogP contribution < -0.4 is 5.32 Å². The molecule has 1 amide bonds. The van der Waals surface area contributed by atoms with Crippen LogP contribution in [0.1, 0.15) is 40.5 Å². The summed E-state index contributed by atoms with van der Waals surface area (Å²) in [5.41, 5.74) is 3.60. The maximum atomic E-state index is 12.3. The Hall–Kier alpha value is -1.93. The Bertz CT molecular complexity index is 1020. The molecule has 0 atom stereocenters. The van der Waals surface area contributed by atoms with E-state index in [0.717, 1.165) is 52.9 Å². The number of amides is 1. The van der Waals surface area contributed by atoms with E-state index in [4.69, 9.17) is 0 Å². The van der Waals surface area contributed by atoms with Crippen LogP contribution in [0, 0.1) is 20.8 Å². The van der Waals surface area contributed by atoms with Gasteiger partial charge in [0.25, 0.3) is 0 Å². The average molecular weight is 416 g/mol. The first kappa shape index (κ1) is 19.4. The summed E-state index contributed by atoms with van der Waals surface area (Å²) in [5, 5.41) is 9.61. The van der Waals surface area contributed by atoms with Crippen LogP contribution in [0.4, 0.5) is 0 Å². The van der Waals surface area contributed by atoms with Crippen LogP contribution in [0.3, 0.4) is 0 Å². The summed E-state index contributed by atoms with van der Waals surface area (Å²) < 4.78 is 1.99. The van der Waals surface area contributed by atoms with Crippen molar-refractivity contribution < 1.29 is 4.79 Å². The lowest BCUT2D eigenvalue weighted by atomic mass is 10.2. The molecule has 0 unspecified atom stereocenters. The zero-order valence-electron chi connectivity index (χ0n) is 16.5. The van der Waals surface area contributed by atoms with Crippen molar-refractivity contribution in [2.24, 2.45) is 0 Å². The highest BCUT2D eigenvalue weighted by molar-refractivity contribution is 8.00. The zero-order valence-corrected chi connectivity index (χ0v) is 18.2. The second-order valence-electron chi connectivity index (χ2n) is 7.26. The molecule has 0 aliphatic heterocycles. The fourth-order valence-corrected chi connectivity index (χ4v) is 6.01. The molecule has 148 valence electrons. The molecule has 6 nitrogen and oxygen atoms in total. The van der Waals surface area contributed by atoms with E-state index in [9.17, 15) is 4.79 Å². The maximum Gasteiger partial charge on any atom is 0.230 e. The fraction of sp³-hybridized carbons (Fsp3) is 0.500. The van der Waals surface area contributed by atoms with Crippen molar-refractivity contribution >= 4 is 39.2 Å². The largest absolute Gasteiger partial charge is 0.355 e. The third-order valence-electron chi connectivity index (χ3n) is 4.96. The first-order chi connectivity index (χ1) is 13.5. The molecule has 4 rings (SSSR count). The van der Waals surface area contributed by atoms with Crippen LogP contribution in [0.25, 0.3) is 10.2 Å². The third kappa shape index (κ3) is 4.07. The Morgan fingerprint density at radius 1 is 1.29 bits per heavy atom. The molecule has 1 N–H and O–H groups in total. The number of carbonyl (C=O) groups excluding carboxylic acids is 1.